The molecule has 1 aromatic rings. The molecule has 0 saturated heterocycles. The topological polar surface area (TPSA) is 71.3 Å². The second-order valence-electron chi connectivity index (χ2n) is 3.97. The van der Waals surface area contributed by atoms with Crippen LogP contribution < -0.4 is 10.0 Å². The summed E-state index contributed by atoms with van der Waals surface area (Å²) in [6.45, 7) is 5.02. The Balaban J connectivity index is 2.36. The Labute approximate surface area is 103 Å². The third-order valence-corrected chi connectivity index (χ3v) is 3.77. The SMILES string of the molecule is CCNCCS(=O)(=O)NC(C)Cc1ccco1. The molecular formula is C11H20N2O3S. The number of hydrogen-bond acceptors (Lipinski definition) is 4. The van der Waals surface area contributed by atoms with Crippen LogP contribution in [0.25, 0.3) is 0 Å². The van der Waals surface area contributed by atoms with E-state index in [0.29, 0.717) is 13.0 Å². The van der Waals surface area contributed by atoms with Crippen LogP contribution in [0.1, 0.15) is 19.6 Å². The molecule has 0 bridgehead atoms. The number of hydrogen-bond donors (Lipinski definition) is 2. The van der Waals surface area contributed by atoms with Gasteiger partial charge < -0.3 is 9.73 Å². The largest absolute Gasteiger partial charge is 0.469 e. The highest BCUT2D eigenvalue weighted by atomic mass is 32.2. The summed E-state index contributed by atoms with van der Waals surface area (Å²) < 4.78 is 31.1. The molecule has 1 atom stereocenters. The van der Waals surface area contributed by atoms with Crippen molar-refractivity contribution in [1.82, 2.24) is 10.0 Å². The molecule has 0 spiro atoms. The Morgan fingerprint density at radius 2 is 2.24 bits per heavy atom. The summed E-state index contributed by atoms with van der Waals surface area (Å²) in [6.07, 6.45) is 2.15. The minimum absolute atomic E-state index is 0.101. The Kier molecular flexibility index (Phi) is 5.67. The molecule has 1 heterocycles. The monoisotopic (exact) mass is 260 g/mol. The lowest BCUT2D eigenvalue weighted by Crippen LogP contribution is -2.38. The molecule has 98 valence electrons. The van der Waals surface area contributed by atoms with Crippen LogP contribution in [0.2, 0.25) is 0 Å². The lowest BCUT2D eigenvalue weighted by molar-refractivity contribution is 0.478. The first-order chi connectivity index (χ1) is 8.03. The zero-order valence-corrected chi connectivity index (χ0v) is 11.1. The van der Waals surface area contributed by atoms with Gasteiger partial charge in [-0.15, -0.1) is 0 Å². The lowest BCUT2D eigenvalue weighted by atomic mass is 10.2. The van der Waals surface area contributed by atoms with Crippen LogP contribution >= 0.6 is 0 Å². The van der Waals surface area contributed by atoms with E-state index in [-0.39, 0.29) is 11.8 Å². The first-order valence-electron chi connectivity index (χ1n) is 5.76. The van der Waals surface area contributed by atoms with E-state index >= 15 is 0 Å². The molecule has 0 fully saturated rings. The van der Waals surface area contributed by atoms with Gasteiger partial charge in [0.2, 0.25) is 10.0 Å². The second kappa shape index (κ2) is 6.78. The first-order valence-corrected chi connectivity index (χ1v) is 7.42. The number of sulfonamides is 1. The summed E-state index contributed by atoms with van der Waals surface area (Å²) >= 11 is 0. The fourth-order valence-electron chi connectivity index (χ4n) is 1.52. The van der Waals surface area contributed by atoms with Gasteiger partial charge in [0.05, 0.1) is 12.0 Å². The van der Waals surface area contributed by atoms with Crippen LogP contribution in [0.15, 0.2) is 22.8 Å². The van der Waals surface area contributed by atoms with E-state index in [1.165, 1.54) is 0 Å². The average Bonchev–Trinajstić information content (AvgIpc) is 2.69. The van der Waals surface area contributed by atoms with E-state index < -0.39 is 10.0 Å². The average molecular weight is 260 g/mol. The molecule has 1 aromatic heterocycles. The molecule has 0 saturated carbocycles. The van der Waals surface area contributed by atoms with E-state index in [2.05, 4.69) is 10.0 Å². The highest BCUT2D eigenvalue weighted by molar-refractivity contribution is 7.89. The van der Waals surface area contributed by atoms with Gasteiger partial charge in [-0.05, 0) is 25.6 Å². The minimum atomic E-state index is -3.21. The summed E-state index contributed by atoms with van der Waals surface area (Å²) in [6, 6.07) is 3.47. The van der Waals surface area contributed by atoms with Crippen LogP contribution in [0.4, 0.5) is 0 Å². The molecule has 17 heavy (non-hydrogen) atoms. The maximum absolute atomic E-state index is 11.7. The van der Waals surface area contributed by atoms with Crippen LogP contribution in [0.3, 0.4) is 0 Å². The maximum atomic E-state index is 11.7. The molecule has 1 rings (SSSR count). The van der Waals surface area contributed by atoms with Crippen LogP contribution in [-0.2, 0) is 16.4 Å². The van der Waals surface area contributed by atoms with Crippen LogP contribution in [-0.4, -0.2) is 33.3 Å². The summed E-state index contributed by atoms with van der Waals surface area (Å²) in [4.78, 5) is 0. The van der Waals surface area contributed by atoms with E-state index in [1.807, 2.05) is 19.9 Å². The van der Waals surface area contributed by atoms with Crippen molar-refractivity contribution < 1.29 is 12.8 Å². The summed E-state index contributed by atoms with van der Waals surface area (Å²) in [5, 5.41) is 2.99. The number of furan rings is 1. The highest BCUT2D eigenvalue weighted by Gasteiger charge is 2.15. The smallest absolute Gasteiger partial charge is 0.213 e. The van der Waals surface area contributed by atoms with Gasteiger partial charge in [0.1, 0.15) is 5.76 Å². The van der Waals surface area contributed by atoms with Crippen molar-refractivity contribution in [2.45, 2.75) is 26.3 Å². The molecule has 2 N–H and O–H groups in total. The first kappa shape index (κ1) is 14.2. The maximum Gasteiger partial charge on any atom is 0.213 e. The van der Waals surface area contributed by atoms with Gasteiger partial charge in [-0.3, -0.25) is 0 Å². The molecule has 0 aliphatic heterocycles. The highest BCUT2D eigenvalue weighted by Crippen LogP contribution is 2.04. The molecule has 1 unspecified atom stereocenters. The third kappa shape index (κ3) is 5.86. The summed E-state index contributed by atoms with van der Waals surface area (Å²) in [5.41, 5.74) is 0. The third-order valence-electron chi connectivity index (χ3n) is 2.27. The lowest BCUT2D eigenvalue weighted by Gasteiger charge is -2.13. The van der Waals surface area contributed by atoms with Crippen LogP contribution in [0, 0.1) is 0 Å². The number of rotatable bonds is 8. The van der Waals surface area contributed by atoms with Gasteiger partial charge in [-0.2, -0.15) is 0 Å². The zero-order valence-electron chi connectivity index (χ0n) is 10.3. The summed E-state index contributed by atoms with van der Waals surface area (Å²) in [5.74, 6) is 0.885. The predicted octanol–water partition coefficient (Wildman–Crippen LogP) is 0.740. The van der Waals surface area contributed by atoms with Gasteiger partial charge in [-0.25, -0.2) is 13.1 Å². The van der Waals surface area contributed by atoms with Crippen molar-refractivity contribution >= 4 is 10.0 Å². The second-order valence-corrected chi connectivity index (χ2v) is 5.85. The van der Waals surface area contributed by atoms with Crippen molar-refractivity contribution in [3.8, 4) is 0 Å². The van der Waals surface area contributed by atoms with Crippen molar-refractivity contribution in [3.63, 3.8) is 0 Å². The Morgan fingerprint density at radius 3 is 2.82 bits per heavy atom. The molecule has 0 aromatic carbocycles. The van der Waals surface area contributed by atoms with Gasteiger partial charge >= 0.3 is 0 Å². The normalized spacial score (nSPS) is 13.8. The Morgan fingerprint density at radius 1 is 1.47 bits per heavy atom. The van der Waals surface area contributed by atoms with Crippen molar-refractivity contribution in [1.29, 1.82) is 0 Å². The van der Waals surface area contributed by atoms with Crippen LogP contribution in [0.5, 0.6) is 0 Å². The molecular weight excluding hydrogens is 240 g/mol. The Bertz CT molecular complexity index is 400. The van der Waals surface area contributed by atoms with E-state index in [9.17, 15) is 8.42 Å². The zero-order chi connectivity index (χ0) is 12.7. The molecule has 0 aliphatic carbocycles. The summed E-state index contributed by atoms with van der Waals surface area (Å²) in [7, 11) is -3.21. The van der Waals surface area contributed by atoms with Crippen molar-refractivity contribution in [2.24, 2.45) is 0 Å². The van der Waals surface area contributed by atoms with Gasteiger partial charge in [0, 0.05) is 19.0 Å². The molecule has 6 heteroatoms. The fourth-order valence-corrected chi connectivity index (χ4v) is 2.75. The molecule has 0 amide bonds. The molecule has 5 nitrogen and oxygen atoms in total. The Hall–Kier alpha value is -0.850. The van der Waals surface area contributed by atoms with Gasteiger partial charge in [-0.1, -0.05) is 6.92 Å². The standard InChI is InChI=1S/C11H20N2O3S/c1-3-12-6-8-17(14,15)13-10(2)9-11-5-4-7-16-11/h4-5,7,10,12-13H,3,6,8-9H2,1-2H3. The number of nitrogens with one attached hydrogen (secondary N) is 2. The van der Waals surface area contributed by atoms with Crippen molar-refractivity contribution in [2.75, 3.05) is 18.8 Å². The van der Waals surface area contributed by atoms with E-state index in [1.54, 1.807) is 12.3 Å². The molecule has 0 aliphatic rings. The predicted molar refractivity (Wildman–Crippen MR) is 67.3 cm³/mol. The van der Waals surface area contributed by atoms with Gasteiger partial charge in [0.15, 0.2) is 0 Å². The van der Waals surface area contributed by atoms with Crippen molar-refractivity contribution in [3.05, 3.63) is 24.2 Å². The van der Waals surface area contributed by atoms with E-state index in [4.69, 9.17) is 4.42 Å². The van der Waals surface area contributed by atoms with Gasteiger partial charge in [0.25, 0.3) is 0 Å². The minimum Gasteiger partial charge on any atom is -0.469 e. The molecule has 0 radical (unpaired) electrons. The van der Waals surface area contributed by atoms with E-state index in [0.717, 1.165) is 12.3 Å². The fraction of sp³-hybridized carbons (Fsp3) is 0.636. The quantitative estimate of drug-likeness (QED) is 0.676.